The molecule has 0 unspecified atom stereocenters. The molecule has 0 radical (unpaired) electrons. The van der Waals surface area contributed by atoms with E-state index in [1.165, 1.54) is 26.2 Å². The molecule has 0 saturated carbocycles. The normalized spacial score (nSPS) is 11.6. The zero-order valence-corrected chi connectivity index (χ0v) is 20.1. The van der Waals surface area contributed by atoms with Gasteiger partial charge in [0, 0.05) is 30.2 Å². The van der Waals surface area contributed by atoms with Gasteiger partial charge in [-0.3, -0.25) is 9.59 Å². The van der Waals surface area contributed by atoms with Gasteiger partial charge in [0.15, 0.2) is 11.5 Å². The maximum absolute atomic E-state index is 13.7. The summed E-state index contributed by atoms with van der Waals surface area (Å²) in [6, 6.07) is 2.80. The van der Waals surface area contributed by atoms with Crippen molar-refractivity contribution in [1.82, 2.24) is 0 Å². The van der Waals surface area contributed by atoms with Crippen LogP contribution in [-0.4, -0.2) is 23.3 Å². The quantitative estimate of drug-likeness (QED) is 0.263. The number of benzene rings is 2. The number of phenols is 2. The van der Waals surface area contributed by atoms with Crippen LogP contribution in [0.15, 0.2) is 21.3 Å². The highest BCUT2D eigenvalue weighted by Gasteiger charge is 2.25. The summed E-state index contributed by atoms with van der Waals surface area (Å²) in [6.07, 6.45) is 2.41. The summed E-state index contributed by atoms with van der Waals surface area (Å²) >= 11 is 0. The van der Waals surface area contributed by atoms with Gasteiger partial charge in [-0.25, -0.2) is 0 Å². The molecule has 1 aromatic heterocycles. The third-order valence-corrected chi connectivity index (χ3v) is 5.73. The molecular weight excluding hydrogens is 424 g/mol. The number of ether oxygens (including phenoxy) is 2. The molecule has 0 aliphatic heterocycles. The van der Waals surface area contributed by atoms with Gasteiger partial charge >= 0.3 is 5.97 Å². The predicted molar refractivity (Wildman–Crippen MR) is 127 cm³/mol. The lowest BCUT2D eigenvalue weighted by Crippen LogP contribution is -2.11. The molecule has 0 atom stereocenters. The fraction of sp³-hybridized carbons (Fsp3) is 0.462. The van der Waals surface area contributed by atoms with E-state index in [1.807, 2.05) is 13.8 Å². The second kappa shape index (κ2) is 9.73. The number of hydrogen-bond acceptors (Lipinski definition) is 7. The van der Waals surface area contributed by atoms with Gasteiger partial charge in [-0.15, -0.1) is 0 Å². The van der Waals surface area contributed by atoms with E-state index in [2.05, 4.69) is 13.8 Å². The molecule has 2 aromatic carbocycles. The fourth-order valence-corrected chi connectivity index (χ4v) is 4.02. The maximum Gasteiger partial charge on any atom is 0.308 e. The standard InChI is InChI=1S/C26H32O7/c1-13(2)7-9-16-18(28)11-19-23(24(16)29)25(30)22-17(10-8-14(3)4)26(31-6)21(32-15(5)27)12-20(22)33-19/h11-14,28-29H,7-10H2,1-6H3. The Hall–Kier alpha value is -3.22. The highest BCUT2D eigenvalue weighted by Crippen LogP contribution is 2.41. The first-order valence-corrected chi connectivity index (χ1v) is 11.3. The third kappa shape index (κ3) is 4.92. The molecule has 0 amide bonds. The lowest BCUT2D eigenvalue weighted by molar-refractivity contribution is -0.132. The van der Waals surface area contributed by atoms with E-state index in [0.29, 0.717) is 41.6 Å². The molecule has 2 N–H and O–H groups in total. The minimum absolute atomic E-state index is 0.0205. The summed E-state index contributed by atoms with van der Waals surface area (Å²) in [4.78, 5) is 25.4. The van der Waals surface area contributed by atoms with E-state index in [4.69, 9.17) is 13.9 Å². The van der Waals surface area contributed by atoms with E-state index in [1.54, 1.807) is 0 Å². The highest BCUT2D eigenvalue weighted by molar-refractivity contribution is 5.98. The number of phenolic OH excluding ortho intramolecular Hbond substituents is 2. The lowest BCUT2D eigenvalue weighted by Gasteiger charge is -2.17. The number of aromatic hydroxyl groups is 2. The van der Waals surface area contributed by atoms with Crippen molar-refractivity contribution in [3.63, 3.8) is 0 Å². The molecule has 0 saturated heterocycles. The number of methoxy groups -OCH3 is 1. The Balaban J connectivity index is 2.40. The Kier molecular flexibility index (Phi) is 7.20. The van der Waals surface area contributed by atoms with Gasteiger partial charge in [-0.1, -0.05) is 27.7 Å². The van der Waals surface area contributed by atoms with Crippen LogP contribution in [0.2, 0.25) is 0 Å². The summed E-state index contributed by atoms with van der Waals surface area (Å²) < 4.78 is 16.9. The Bertz CT molecular complexity index is 1250. The molecule has 178 valence electrons. The molecule has 3 rings (SSSR count). The van der Waals surface area contributed by atoms with Crippen LogP contribution < -0.4 is 14.9 Å². The SMILES string of the molecule is COc1c(OC(C)=O)cc2oc3cc(O)c(CCC(C)C)c(O)c3c(=O)c2c1CCC(C)C. The Morgan fingerprint density at radius 3 is 2.09 bits per heavy atom. The fourth-order valence-electron chi connectivity index (χ4n) is 4.02. The van der Waals surface area contributed by atoms with Gasteiger partial charge < -0.3 is 24.1 Å². The van der Waals surface area contributed by atoms with Gasteiger partial charge in [0.1, 0.15) is 28.1 Å². The van der Waals surface area contributed by atoms with Crippen molar-refractivity contribution < 1.29 is 28.9 Å². The summed E-state index contributed by atoms with van der Waals surface area (Å²) in [5.41, 5.74) is 0.726. The smallest absolute Gasteiger partial charge is 0.308 e. The van der Waals surface area contributed by atoms with Crippen molar-refractivity contribution in [2.45, 2.75) is 60.3 Å². The van der Waals surface area contributed by atoms with Crippen LogP contribution >= 0.6 is 0 Å². The van der Waals surface area contributed by atoms with Crippen molar-refractivity contribution in [3.05, 3.63) is 33.5 Å². The van der Waals surface area contributed by atoms with Crippen LogP contribution in [0.4, 0.5) is 0 Å². The van der Waals surface area contributed by atoms with E-state index >= 15 is 0 Å². The first-order chi connectivity index (χ1) is 15.5. The number of rotatable bonds is 8. The second-order valence-electron chi connectivity index (χ2n) is 9.25. The summed E-state index contributed by atoms with van der Waals surface area (Å²) in [6.45, 7) is 9.51. The first-order valence-electron chi connectivity index (χ1n) is 11.3. The molecule has 0 fully saturated rings. The topological polar surface area (TPSA) is 106 Å². The molecule has 0 bridgehead atoms. The van der Waals surface area contributed by atoms with Gasteiger partial charge in [0.25, 0.3) is 0 Å². The molecular formula is C26H32O7. The minimum atomic E-state index is -0.532. The average molecular weight is 457 g/mol. The zero-order valence-electron chi connectivity index (χ0n) is 20.1. The molecule has 0 spiro atoms. The largest absolute Gasteiger partial charge is 0.507 e. The number of hydrogen-bond donors (Lipinski definition) is 2. The van der Waals surface area contributed by atoms with Crippen LogP contribution in [0.1, 0.15) is 58.6 Å². The summed E-state index contributed by atoms with van der Waals surface area (Å²) in [5.74, 6) is 0.234. The number of carbonyl (C=O) groups is 1. The zero-order chi connectivity index (χ0) is 24.4. The van der Waals surface area contributed by atoms with E-state index < -0.39 is 11.4 Å². The van der Waals surface area contributed by atoms with E-state index in [-0.39, 0.29) is 39.2 Å². The number of fused-ring (bicyclic) bond motifs is 2. The monoisotopic (exact) mass is 456 g/mol. The van der Waals surface area contributed by atoms with Crippen molar-refractivity contribution in [1.29, 1.82) is 0 Å². The average Bonchev–Trinajstić information content (AvgIpc) is 2.70. The van der Waals surface area contributed by atoms with Crippen LogP contribution in [0.3, 0.4) is 0 Å². The van der Waals surface area contributed by atoms with Crippen molar-refractivity contribution in [3.8, 4) is 23.0 Å². The molecule has 33 heavy (non-hydrogen) atoms. The number of carbonyl (C=O) groups excluding carboxylic acids is 1. The highest BCUT2D eigenvalue weighted by atomic mass is 16.6. The maximum atomic E-state index is 13.7. The van der Waals surface area contributed by atoms with Crippen LogP contribution in [0.25, 0.3) is 21.9 Å². The Morgan fingerprint density at radius 2 is 1.55 bits per heavy atom. The van der Waals surface area contributed by atoms with Gasteiger partial charge in [0.2, 0.25) is 5.43 Å². The van der Waals surface area contributed by atoms with Crippen LogP contribution in [0.5, 0.6) is 23.0 Å². The predicted octanol–water partition coefficient (Wildman–Crippen LogP) is 5.47. The summed E-state index contributed by atoms with van der Waals surface area (Å²) in [7, 11) is 1.45. The van der Waals surface area contributed by atoms with Crippen LogP contribution in [0, 0.1) is 11.8 Å². The van der Waals surface area contributed by atoms with Gasteiger partial charge in [-0.2, -0.15) is 0 Å². The second-order valence-corrected chi connectivity index (χ2v) is 9.25. The lowest BCUT2D eigenvalue weighted by atomic mass is 9.95. The number of aryl methyl sites for hydroxylation is 1. The first kappa shape index (κ1) is 24.4. The molecule has 0 aliphatic rings. The van der Waals surface area contributed by atoms with Crippen molar-refractivity contribution in [2.24, 2.45) is 11.8 Å². The van der Waals surface area contributed by atoms with Crippen molar-refractivity contribution in [2.75, 3.05) is 7.11 Å². The van der Waals surface area contributed by atoms with Gasteiger partial charge in [-0.05, 0) is 37.5 Å². The van der Waals surface area contributed by atoms with E-state index in [9.17, 15) is 19.8 Å². The molecule has 1 heterocycles. The molecule has 0 aliphatic carbocycles. The number of esters is 1. The van der Waals surface area contributed by atoms with Crippen molar-refractivity contribution >= 4 is 27.9 Å². The third-order valence-electron chi connectivity index (χ3n) is 5.73. The van der Waals surface area contributed by atoms with E-state index in [0.717, 1.165) is 12.8 Å². The molecule has 3 aromatic rings. The van der Waals surface area contributed by atoms with Crippen LogP contribution in [-0.2, 0) is 17.6 Å². The molecule has 7 nitrogen and oxygen atoms in total. The minimum Gasteiger partial charge on any atom is -0.507 e. The Morgan fingerprint density at radius 1 is 0.970 bits per heavy atom. The summed E-state index contributed by atoms with van der Waals surface area (Å²) in [5, 5.41) is 21.8. The molecule has 7 heteroatoms. The Labute approximate surface area is 192 Å². The van der Waals surface area contributed by atoms with Gasteiger partial charge in [0.05, 0.1) is 12.5 Å².